The van der Waals surface area contributed by atoms with Gasteiger partial charge in [0.1, 0.15) is 0 Å². The molecule has 0 aliphatic rings. The van der Waals surface area contributed by atoms with Crippen molar-refractivity contribution in [3.05, 3.63) is 0 Å². The molecule has 0 amide bonds. The average molecular weight is 305 g/mol. The minimum absolute atomic E-state index is 0.526. The van der Waals surface area contributed by atoms with Crippen LogP contribution in [0.15, 0.2) is 0 Å². The van der Waals surface area contributed by atoms with E-state index in [-0.39, 0.29) is 0 Å². The van der Waals surface area contributed by atoms with Gasteiger partial charge in [0, 0.05) is 0 Å². The Labute approximate surface area is 72.6 Å². The highest BCUT2D eigenvalue weighted by Gasteiger charge is 2.11. The lowest BCUT2D eigenvalue weighted by Crippen LogP contribution is -1.91. The van der Waals surface area contributed by atoms with Crippen LogP contribution in [0, 0.1) is 11.8 Å². The van der Waals surface area contributed by atoms with Gasteiger partial charge in [-0.05, 0) is 53.7 Å². The van der Waals surface area contributed by atoms with Gasteiger partial charge in [0.05, 0.1) is 0 Å². The van der Waals surface area contributed by atoms with E-state index in [1.54, 1.807) is 0 Å². The van der Waals surface area contributed by atoms with Gasteiger partial charge in [-0.2, -0.15) is 0 Å². The molecule has 0 N–H and O–H groups in total. The van der Waals surface area contributed by atoms with Gasteiger partial charge in [0.15, 0.2) is 8.43 Å². The molecule has 0 saturated carbocycles. The number of hydrogen-bond acceptors (Lipinski definition) is 1. The van der Waals surface area contributed by atoms with Crippen molar-refractivity contribution in [2.24, 2.45) is 0 Å². The maximum absolute atomic E-state index is 9.62. The molecule has 0 radical (unpaired) electrons. The first-order valence-electron chi connectivity index (χ1n) is 1.59. The molecular formula is C4HBr3O. The van der Waals surface area contributed by atoms with Crippen molar-refractivity contribution in [2.45, 2.75) is 2.14 Å². The van der Waals surface area contributed by atoms with E-state index in [0.29, 0.717) is 6.29 Å². The number of aldehydes is 1. The van der Waals surface area contributed by atoms with Crippen LogP contribution >= 0.6 is 47.8 Å². The topological polar surface area (TPSA) is 17.1 Å². The largest absolute Gasteiger partial charge is 0.289 e. The van der Waals surface area contributed by atoms with Crippen LogP contribution in [-0.4, -0.2) is 8.43 Å². The summed E-state index contributed by atoms with van der Waals surface area (Å²) in [6.07, 6.45) is 0.526. The molecule has 0 rings (SSSR count). The molecule has 0 heterocycles. The molecule has 0 unspecified atom stereocenters. The summed E-state index contributed by atoms with van der Waals surface area (Å²) >= 11 is 9.24. The zero-order valence-corrected chi connectivity index (χ0v) is 8.38. The summed E-state index contributed by atoms with van der Waals surface area (Å²) in [5.41, 5.74) is 0. The molecule has 4 heteroatoms. The summed E-state index contributed by atoms with van der Waals surface area (Å²) in [6.45, 7) is 0. The summed E-state index contributed by atoms with van der Waals surface area (Å²) in [4.78, 5) is 9.62. The van der Waals surface area contributed by atoms with Gasteiger partial charge in [-0.25, -0.2) is 0 Å². The Morgan fingerprint density at radius 3 is 2.00 bits per heavy atom. The van der Waals surface area contributed by atoms with Gasteiger partial charge in [-0.1, -0.05) is 5.92 Å². The normalized spacial score (nSPS) is 9.38. The Morgan fingerprint density at radius 2 is 1.88 bits per heavy atom. The number of rotatable bonds is 0. The Kier molecular flexibility index (Phi) is 3.95. The van der Waals surface area contributed by atoms with Crippen LogP contribution in [0.4, 0.5) is 0 Å². The molecule has 0 saturated heterocycles. The smallest absolute Gasteiger partial charge is 0.195 e. The fourth-order valence-corrected chi connectivity index (χ4v) is 0.455. The monoisotopic (exact) mass is 302 g/mol. The summed E-state index contributed by atoms with van der Waals surface area (Å²) in [5.74, 6) is 4.72. The second kappa shape index (κ2) is 3.65. The van der Waals surface area contributed by atoms with E-state index in [0.717, 1.165) is 0 Å². The molecule has 8 heavy (non-hydrogen) atoms. The molecule has 44 valence electrons. The molecule has 0 spiro atoms. The van der Waals surface area contributed by atoms with Crippen LogP contribution < -0.4 is 0 Å². The van der Waals surface area contributed by atoms with E-state index < -0.39 is 2.14 Å². The van der Waals surface area contributed by atoms with Crippen molar-refractivity contribution in [3.8, 4) is 11.8 Å². The van der Waals surface area contributed by atoms with Crippen molar-refractivity contribution < 1.29 is 4.79 Å². The predicted molar refractivity (Wildman–Crippen MR) is 43.4 cm³/mol. The van der Waals surface area contributed by atoms with Gasteiger partial charge < -0.3 is 0 Å². The molecule has 0 aromatic carbocycles. The van der Waals surface area contributed by atoms with Gasteiger partial charge in [-0.3, -0.25) is 4.79 Å². The number of halogens is 3. The number of hydrogen-bond donors (Lipinski definition) is 0. The second-order valence-corrected chi connectivity index (χ2v) is 7.65. The molecule has 0 aromatic rings. The summed E-state index contributed by atoms with van der Waals surface area (Å²) in [7, 11) is 0. The van der Waals surface area contributed by atoms with Gasteiger partial charge in [0.25, 0.3) is 0 Å². The highest BCUT2D eigenvalue weighted by molar-refractivity contribution is 9.39. The third-order valence-electron chi connectivity index (χ3n) is 0.273. The van der Waals surface area contributed by atoms with E-state index in [1.165, 1.54) is 0 Å². The number of carbonyl (C=O) groups is 1. The zero-order valence-electron chi connectivity index (χ0n) is 3.62. The maximum atomic E-state index is 9.62. The molecule has 0 aliphatic carbocycles. The van der Waals surface area contributed by atoms with E-state index in [2.05, 4.69) is 59.6 Å². The van der Waals surface area contributed by atoms with Crippen molar-refractivity contribution in [2.75, 3.05) is 0 Å². The van der Waals surface area contributed by atoms with E-state index in [1.807, 2.05) is 0 Å². The van der Waals surface area contributed by atoms with Crippen molar-refractivity contribution in [1.82, 2.24) is 0 Å². The quantitative estimate of drug-likeness (QED) is 0.380. The first-order chi connectivity index (χ1) is 3.56. The highest BCUT2D eigenvalue weighted by atomic mass is 80.0. The summed E-state index contributed by atoms with van der Waals surface area (Å²) in [5, 5.41) is 0. The van der Waals surface area contributed by atoms with Gasteiger partial charge in [0.2, 0.25) is 0 Å². The molecule has 0 fully saturated rings. The van der Waals surface area contributed by atoms with Crippen LogP contribution in [-0.2, 0) is 4.79 Å². The molecule has 0 atom stereocenters. The lowest BCUT2D eigenvalue weighted by atomic mass is 10.7. The highest BCUT2D eigenvalue weighted by Crippen LogP contribution is 2.31. The van der Waals surface area contributed by atoms with Crippen LogP contribution in [0.2, 0.25) is 0 Å². The Hall–Kier alpha value is 0.670. The summed E-state index contributed by atoms with van der Waals surface area (Å²) in [6, 6.07) is 0. The Balaban J connectivity index is 3.87. The fourth-order valence-electron chi connectivity index (χ4n) is 0.111. The van der Waals surface area contributed by atoms with Crippen molar-refractivity contribution in [1.29, 1.82) is 0 Å². The maximum Gasteiger partial charge on any atom is 0.195 e. The number of alkyl halides is 3. The third-order valence-corrected chi connectivity index (χ3v) is 0.868. The van der Waals surface area contributed by atoms with Crippen molar-refractivity contribution >= 4 is 54.1 Å². The molecule has 0 aromatic heterocycles. The van der Waals surface area contributed by atoms with Crippen LogP contribution in [0.3, 0.4) is 0 Å². The number of carbonyl (C=O) groups excluding carboxylic acids is 1. The molecule has 0 aliphatic heterocycles. The van der Waals surface area contributed by atoms with E-state index >= 15 is 0 Å². The van der Waals surface area contributed by atoms with Crippen molar-refractivity contribution in [3.63, 3.8) is 0 Å². The first-order valence-corrected chi connectivity index (χ1v) is 3.97. The first kappa shape index (κ1) is 8.67. The minimum atomic E-state index is -0.603. The summed E-state index contributed by atoms with van der Waals surface area (Å²) < 4.78 is -0.603. The van der Waals surface area contributed by atoms with Crippen LogP contribution in [0.5, 0.6) is 0 Å². The zero-order chi connectivity index (χ0) is 6.62. The van der Waals surface area contributed by atoms with E-state index in [4.69, 9.17) is 0 Å². The third kappa shape index (κ3) is 6.67. The van der Waals surface area contributed by atoms with Crippen LogP contribution in [0.25, 0.3) is 0 Å². The average Bonchev–Trinajstić information content (AvgIpc) is 1.59. The SMILES string of the molecule is O=CC#CC(Br)(Br)Br. The molecule has 0 bridgehead atoms. The second-order valence-electron chi connectivity index (χ2n) is 0.885. The lowest BCUT2D eigenvalue weighted by Gasteiger charge is -1.96. The van der Waals surface area contributed by atoms with E-state index in [9.17, 15) is 4.79 Å². The lowest BCUT2D eigenvalue weighted by molar-refractivity contribution is -0.103. The van der Waals surface area contributed by atoms with Crippen LogP contribution in [0.1, 0.15) is 0 Å². The Bertz CT molecular complexity index is 136. The van der Waals surface area contributed by atoms with Gasteiger partial charge >= 0.3 is 0 Å². The predicted octanol–water partition coefficient (Wildman–Crippen LogP) is 2.03. The Morgan fingerprint density at radius 1 is 1.38 bits per heavy atom. The molecular weight excluding hydrogens is 304 g/mol. The van der Waals surface area contributed by atoms with Gasteiger partial charge in [-0.15, -0.1) is 0 Å². The minimum Gasteiger partial charge on any atom is -0.289 e. The molecule has 1 nitrogen and oxygen atoms in total. The standard InChI is InChI=1S/C4HBr3O/c5-4(6,7)2-1-3-8/h3H. The fraction of sp³-hybridized carbons (Fsp3) is 0.250.